The van der Waals surface area contributed by atoms with Crippen LogP contribution in [0.1, 0.15) is 25.3 Å². The first kappa shape index (κ1) is 12.8. The second kappa shape index (κ2) is 5.36. The van der Waals surface area contributed by atoms with E-state index in [0.717, 1.165) is 19.4 Å². The van der Waals surface area contributed by atoms with Crippen LogP contribution in [0.5, 0.6) is 0 Å². The number of hydrogen-bond donors (Lipinski definition) is 0. The Hall–Kier alpha value is -1.60. The molecule has 1 aromatic carbocycles. The van der Waals surface area contributed by atoms with Gasteiger partial charge in [0.25, 0.3) is 0 Å². The second-order valence-electron chi connectivity index (χ2n) is 4.70. The largest absolute Gasteiger partial charge is 0.381 e. The normalized spacial score (nSPS) is 23.8. The van der Waals surface area contributed by atoms with E-state index in [1.54, 1.807) is 19.2 Å². The zero-order valence-corrected chi connectivity index (χ0v) is 10.7. The number of nitrogens with zero attached hydrogens (tertiary/aromatic N) is 2. The van der Waals surface area contributed by atoms with Crippen LogP contribution >= 0.6 is 0 Å². The van der Waals surface area contributed by atoms with Gasteiger partial charge in [0.2, 0.25) is 0 Å². The molecule has 1 fully saturated rings. The molecule has 1 saturated heterocycles. The molecule has 2 unspecified atom stereocenters. The predicted molar refractivity (Wildman–Crippen MR) is 68.0 cm³/mol. The van der Waals surface area contributed by atoms with Crippen molar-refractivity contribution >= 4 is 5.69 Å². The van der Waals surface area contributed by atoms with Crippen LogP contribution in [-0.2, 0) is 4.74 Å². The van der Waals surface area contributed by atoms with Crippen LogP contribution in [0.15, 0.2) is 18.2 Å². The first-order valence-electron chi connectivity index (χ1n) is 6.14. The summed E-state index contributed by atoms with van der Waals surface area (Å²) in [6, 6.07) is 6.84. The van der Waals surface area contributed by atoms with Gasteiger partial charge in [-0.15, -0.1) is 0 Å². The standard InChI is InChI=1S/C14H17FN2O/c1-10-7-12(18-2)5-6-17(10)14-4-3-11(9-16)8-13(14)15/h3-4,8,10,12H,5-7H2,1-2H3. The molecule has 0 bridgehead atoms. The fourth-order valence-corrected chi connectivity index (χ4v) is 2.51. The summed E-state index contributed by atoms with van der Waals surface area (Å²) in [4.78, 5) is 2.05. The zero-order chi connectivity index (χ0) is 13.1. The SMILES string of the molecule is COC1CCN(c2ccc(C#N)cc2F)C(C)C1. The zero-order valence-electron chi connectivity index (χ0n) is 10.7. The molecule has 1 aliphatic rings. The fourth-order valence-electron chi connectivity index (χ4n) is 2.51. The van der Waals surface area contributed by atoms with Crippen molar-refractivity contribution in [1.82, 2.24) is 0 Å². The molecule has 0 radical (unpaired) electrons. The molecule has 1 heterocycles. The maximum absolute atomic E-state index is 13.9. The summed E-state index contributed by atoms with van der Waals surface area (Å²) in [6.45, 7) is 2.85. The van der Waals surface area contributed by atoms with Gasteiger partial charge in [-0.05, 0) is 38.0 Å². The van der Waals surface area contributed by atoms with Gasteiger partial charge in [0.15, 0.2) is 0 Å². The van der Waals surface area contributed by atoms with Gasteiger partial charge in [-0.1, -0.05) is 0 Å². The van der Waals surface area contributed by atoms with Crippen LogP contribution in [-0.4, -0.2) is 25.8 Å². The number of ether oxygens (including phenoxy) is 1. The highest BCUT2D eigenvalue weighted by Gasteiger charge is 2.26. The average molecular weight is 248 g/mol. The Morgan fingerprint density at radius 3 is 2.83 bits per heavy atom. The second-order valence-corrected chi connectivity index (χ2v) is 4.70. The summed E-state index contributed by atoms with van der Waals surface area (Å²) in [6.07, 6.45) is 2.06. The minimum absolute atomic E-state index is 0.242. The number of anilines is 1. The summed E-state index contributed by atoms with van der Waals surface area (Å²) >= 11 is 0. The maximum Gasteiger partial charge on any atom is 0.147 e. The van der Waals surface area contributed by atoms with Gasteiger partial charge in [-0.25, -0.2) is 4.39 Å². The van der Waals surface area contributed by atoms with E-state index in [0.29, 0.717) is 11.3 Å². The summed E-state index contributed by atoms with van der Waals surface area (Å²) in [5, 5.41) is 8.74. The van der Waals surface area contributed by atoms with E-state index in [9.17, 15) is 4.39 Å². The van der Waals surface area contributed by atoms with Crippen LogP contribution in [0.2, 0.25) is 0 Å². The Balaban J connectivity index is 2.20. The fraction of sp³-hybridized carbons (Fsp3) is 0.500. The van der Waals surface area contributed by atoms with E-state index in [4.69, 9.17) is 10.00 Å². The molecule has 3 nitrogen and oxygen atoms in total. The number of benzene rings is 1. The molecule has 18 heavy (non-hydrogen) atoms. The highest BCUT2D eigenvalue weighted by Crippen LogP contribution is 2.28. The first-order valence-corrected chi connectivity index (χ1v) is 6.14. The topological polar surface area (TPSA) is 36.3 Å². The first-order chi connectivity index (χ1) is 8.65. The smallest absolute Gasteiger partial charge is 0.147 e. The number of halogens is 1. The molecule has 0 saturated carbocycles. The van der Waals surface area contributed by atoms with Crippen molar-refractivity contribution in [3.8, 4) is 6.07 Å². The van der Waals surface area contributed by atoms with Gasteiger partial charge < -0.3 is 9.64 Å². The van der Waals surface area contributed by atoms with E-state index in [-0.39, 0.29) is 18.0 Å². The van der Waals surface area contributed by atoms with Gasteiger partial charge in [-0.3, -0.25) is 0 Å². The van der Waals surface area contributed by atoms with Crippen molar-refractivity contribution in [2.45, 2.75) is 31.9 Å². The molecule has 1 aromatic rings. The third-order valence-electron chi connectivity index (χ3n) is 3.55. The third-order valence-corrected chi connectivity index (χ3v) is 3.55. The van der Waals surface area contributed by atoms with Crippen molar-refractivity contribution < 1.29 is 9.13 Å². The van der Waals surface area contributed by atoms with Gasteiger partial charge in [-0.2, -0.15) is 5.26 Å². The van der Waals surface area contributed by atoms with Crippen molar-refractivity contribution in [2.24, 2.45) is 0 Å². The Morgan fingerprint density at radius 2 is 2.28 bits per heavy atom. The Labute approximate surface area is 107 Å². The number of hydrogen-bond acceptors (Lipinski definition) is 3. The lowest BCUT2D eigenvalue weighted by atomic mass is 9.99. The van der Waals surface area contributed by atoms with E-state index in [2.05, 4.69) is 6.92 Å². The predicted octanol–water partition coefficient (Wildman–Crippen LogP) is 2.70. The highest BCUT2D eigenvalue weighted by molar-refractivity contribution is 5.52. The molecule has 0 aromatic heterocycles. The highest BCUT2D eigenvalue weighted by atomic mass is 19.1. The summed E-state index contributed by atoms with van der Waals surface area (Å²) in [7, 11) is 1.72. The van der Waals surface area contributed by atoms with Gasteiger partial charge in [0, 0.05) is 19.7 Å². The average Bonchev–Trinajstić information content (AvgIpc) is 2.39. The Kier molecular flexibility index (Phi) is 3.83. The van der Waals surface area contributed by atoms with E-state index < -0.39 is 0 Å². The Morgan fingerprint density at radius 1 is 1.50 bits per heavy atom. The molecule has 0 aliphatic carbocycles. The van der Waals surface area contributed by atoms with Crippen molar-refractivity contribution in [1.29, 1.82) is 5.26 Å². The molecular weight excluding hydrogens is 231 g/mol. The van der Waals surface area contributed by atoms with Crippen molar-refractivity contribution in [3.63, 3.8) is 0 Å². The quantitative estimate of drug-likeness (QED) is 0.807. The van der Waals surface area contributed by atoms with E-state index >= 15 is 0 Å². The van der Waals surface area contributed by atoms with Crippen LogP contribution in [0, 0.1) is 17.1 Å². The van der Waals surface area contributed by atoms with Gasteiger partial charge >= 0.3 is 0 Å². The lowest BCUT2D eigenvalue weighted by Gasteiger charge is -2.38. The molecule has 0 N–H and O–H groups in total. The van der Waals surface area contributed by atoms with Crippen LogP contribution in [0.3, 0.4) is 0 Å². The molecule has 96 valence electrons. The molecule has 2 atom stereocenters. The summed E-state index contributed by atoms with van der Waals surface area (Å²) in [5.41, 5.74) is 0.937. The molecule has 0 spiro atoms. The minimum atomic E-state index is -0.322. The van der Waals surface area contributed by atoms with Crippen molar-refractivity contribution in [3.05, 3.63) is 29.6 Å². The Bertz CT molecular complexity index is 469. The van der Waals surface area contributed by atoms with Crippen LogP contribution in [0.25, 0.3) is 0 Å². The lowest BCUT2D eigenvalue weighted by Crippen LogP contribution is -2.43. The maximum atomic E-state index is 13.9. The summed E-state index contributed by atoms with van der Waals surface area (Å²) in [5.74, 6) is -0.322. The number of nitriles is 1. The van der Waals surface area contributed by atoms with E-state index in [1.807, 2.05) is 11.0 Å². The van der Waals surface area contributed by atoms with Crippen LogP contribution < -0.4 is 4.90 Å². The number of piperidine rings is 1. The third kappa shape index (κ3) is 2.46. The van der Waals surface area contributed by atoms with Gasteiger partial charge in [0.05, 0.1) is 23.4 Å². The lowest BCUT2D eigenvalue weighted by molar-refractivity contribution is 0.0719. The molecular formula is C14H17FN2O. The minimum Gasteiger partial charge on any atom is -0.381 e. The summed E-state index contributed by atoms with van der Waals surface area (Å²) < 4.78 is 19.3. The van der Waals surface area contributed by atoms with E-state index in [1.165, 1.54) is 6.07 Å². The monoisotopic (exact) mass is 248 g/mol. The number of rotatable bonds is 2. The van der Waals surface area contributed by atoms with Crippen LogP contribution in [0.4, 0.5) is 10.1 Å². The van der Waals surface area contributed by atoms with Gasteiger partial charge in [0.1, 0.15) is 5.82 Å². The van der Waals surface area contributed by atoms with Crippen molar-refractivity contribution in [2.75, 3.05) is 18.6 Å². The molecule has 1 aliphatic heterocycles. The molecule has 2 rings (SSSR count). The molecule has 0 amide bonds. The molecule has 4 heteroatoms. The number of methoxy groups -OCH3 is 1.